The summed E-state index contributed by atoms with van der Waals surface area (Å²) in [4.78, 5) is 24.9. The lowest BCUT2D eigenvalue weighted by Crippen LogP contribution is -2.34. The summed E-state index contributed by atoms with van der Waals surface area (Å²) < 4.78 is 1.50. The van der Waals surface area contributed by atoms with Gasteiger partial charge in [-0.3, -0.25) is 14.9 Å². The molecular weight excluding hydrogens is 308 g/mol. The summed E-state index contributed by atoms with van der Waals surface area (Å²) in [7, 11) is 0. The summed E-state index contributed by atoms with van der Waals surface area (Å²) >= 11 is 0. The molecule has 0 radical (unpaired) electrons. The van der Waals surface area contributed by atoms with Gasteiger partial charge in [-0.1, -0.05) is 25.3 Å². The number of amides is 1. The minimum Gasteiger partial charge on any atom is -0.337 e. The highest BCUT2D eigenvalue weighted by Crippen LogP contribution is 2.17. The van der Waals surface area contributed by atoms with E-state index >= 15 is 0 Å². The van der Waals surface area contributed by atoms with Crippen molar-refractivity contribution in [2.75, 3.05) is 13.1 Å². The average molecular weight is 328 g/mol. The first-order valence-electron chi connectivity index (χ1n) is 8.25. The molecule has 126 valence electrons. The van der Waals surface area contributed by atoms with Gasteiger partial charge in [0.2, 0.25) is 0 Å². The van der Waals surface area contributed by atoms with Crippen molar-refractivity contribution in [2.45, 2.75) is 32.1 Å². The maximum absolute atomic E-state index is 12.6. The molecule has 0 bridgehead atoms. The molecule has 3 rings (SSSR count). The van der Waals surface area contributed by atoms with Crippen LogP contribution in [-0.2, 0) is 0 Å². The molecule has 2 heterocycles. The molecule has 1 aliphatic heterocycles. The molecule has 0 N–H and O–H groups in total. The molecule has 7 nitrogen and oxygen atoms in total. The zero-order valence-corrected chi connectivity index (χ0v) is 13.4. The molecule has 1 saturated heterocycles. The molecule has 0 saturated carbocycles. The van der Waals surface area contributed by atoms with Crippen molar-refractivity contribution in [2.24, 2.45) is 0 Å². The van der Waals surface area contributed by atoms with Crippen LogP contribution in [0.15, 0.2) is 36.5 Å². The van der Waals surface area contributed by atoms with Crippen LogP contribution in [0.4, 0.5) is 5.69 Å². The van der Waals surface area contributed by atoms with Crippen LogP contribution < -0.4 is 0 Å². The minimum atomic E-state index is -0.445. The van der Waals surface area contributed by atoms with Crippen molar-refractivity contribution in [3.05, 3.63) is 52.3 Å². The first-order chi connectivity index (χ1) is 11.6. The first-order valence-corrected chi connectivity index (χ1v) is 8.25. The molecular formula is C17H20N4O3. The standard InChI is InChI=1S/C17H20N4O3/c22-17(19-10-4-2-1-3-5-11-19)16-9-12-20(18-16)14-7-6-8-15(13-14)21(23)24/h6-9,12-13H,1-5,10-11H2. The normalized spacial score (nSPS) is 15.6. The first kappa shape index (κ1) is 16.2. The summed E-state index contributed by atoms with van der Waals surface area (Å²) in [5.41, 5.74) is 0.942. The summed E-state index contributed by atoms with van der Waals surface area (Å²) in [6.07, 6.45) is 7.27. The quantitative estimate of drug-likeness (QED) is 0.640. The molecule has 0 atom stereocenters. The van der Waals surface area contributed by atoms with Crippen LogP contribution in [0, 0.1) is 10.1 Å². The summed E-state index contributed by atoms with van der Waals surface area (Å²) in [6.45, 7) is 1.53. The van der Waals surface area contributed by atoms with Gasteiger partial charge in [0.15, 0.2) is 5.69 Å². The van der Waals surface area contributed by atoms with Gasteiger partial charge in [-0.2, -0.15) is 5.10 Å². The molecule has 24 heavy (non-hydrogen) atoms. The van der Waals surface area contributed by atoms with E-state index < -0.39 is 4.92 Å². The predicted molar refractivity (Wildman–Crippen MR) is 89.2 cm³/mol. The third-order valence-electron chi connectivity index (χ3n) is 4.26. The number of rotatable bonds is 3. The third-order valence-corrected chi connectivity index (χ3v) is 4.26. The lowest BCUT2D eigenvalue weighted by molar-refractivity contribution is -0.384. The zero-order valence-electron chi connectivity index (χ0n) is 13.4. The van der Waals surface area contributed by atoms with Crippen LogP contribution in [0.25, 0.3) is 5.69 Å². The third kappa shape index (κ3) is 3.61. The lowest BCUT2D eigenvalue weighted by Gasteiger charge is -2.23. The fourth-order valence-electron chi connectivity index (χ4n) is 2.94. The Kier molecular flexibility index (Phi) is 4.88. The Morgan fingerprint density at radius 1 is 1.08 bits per heavy atom. The van der Waals surface area contributed by atoms with Crippen LogP contribution in [0.5, 0.6) is 0 Å². The number of nitro groups is 1. The van der Waals surface area contributed by atoms with E-state index in [0.717, 1.165) is 38.8 Å². The maximum Gasteiger partial charge on any atom is 0.274 e. The Hall–Kier alpha value is -2.70. The number of carbonyl (C=O) groups excluding carboxylic acids is 1. The molecule has 0 spiro atoms. The van der Waals surface area contributed by atoms with E-state index in [4.69, 9.17) is 0 Å². The number of hydrogen-bond acceptors (Lipinski definition) is 4. The number of hydrogen-bond donors (Lipinski definition) is 0. The van der Waals surface area contributed by atoms with Gasteiger partial charge in [-0.15, -0.1) is 0 Å². The van der Waals surface area contributed by atoms with E-state index in [1.807, 2.05) is 4.90 Å². The van der Waals surface area contributed by atoms with Gasteiger partial charge in [-0.25, -0.2) is 4.68 Å². The SMILES string of the molecule is O=C(c1ccn(-c2cccc([N+](=O)[O-])c2)n1)N1CCCCCCC1. The molecule has 0 unspecified atom stereocenters. The number of benzene rings is 1. The van der Waals surface area contributed by atoms with Gasteiger partial charge in [-0.05, 0) is 25.0 Å². The van der Waals surface area contributed by atoms with Crippen molar-refractivity contribution in [1.82, 2.24) is 14.7 Å². The Labute approximate surface area is 140 Å². The van der Waals surface area contributed by atoms with Gasteiger partial charge in [0, 0.05) is 31.4 Å². The van der Waals surface area contributed by atoms with E-state index in [2.05, 4.69) is 5.10 Å². The highest BCUT2D eigenvalue weighted by Gasteiger charge is 2.19. The van der Waals surface area contributed by atoms with Gasteiger partial charge >= 0.3 is 0 Å². The van der Waals surface area contributed by atoms with Gasteiger partial charge in [0.25, 0.3) is 11.6 Å². The van der Waals surface area contributed by atoms with Gasteiger partial charge in [0.1, 0.15) is 0 Å². The molecule has 1 aromatic carbocycles. The van der Waals surface area contributed by atoms with Crippen molar-refractivity contribution in [3.8, 4) is 5.69 Å². The number of likely N-dealkylation sites (tertiary alicyclic amines) is 1. The highest BCUT2D eigenvalue weighted by atomic mass is 16.6. The summed E-state index contributed by atoms with van der Waals surface area (Å²) in [5, 5.41) is 15.2. The number of aromatic nitrogens is 2. The van der Waals surface area contributed by atoms with Crippen molar-refractivity contribution in [3.63, 3.8) is 0 Å². The molecule has 0 aliphatic carbocycles. The van der Waals surface area contributed by atoms with E-state index in [9.17, 15) is 14.9 Å². The molecule has 1 aromatic heterocycles. The monoisotopic (exact) mass is 328 g/mol. The minimum absolute atomic E-state index is 0.000329. The van der Waals surface area contributed by atoms with Crippen LogP contribution in [0.2, 0.25) is 0 Å². The van der Waals surface area contributed by atoms with Crippen LogP contribution in [-0.4, -0.2) is 38.6 Å². The fourth-order valence-corrected chi connectivity index (χ4v) is 2.94. The fraction of sp³-hybridized carbons (Fsp3) is 0.412. The van der Waals surface area contributed by atoms with E-state index in [1.54, 1.807) is 24.4 Å². The molecule has 2 aromatic rings. The lowest BCUT2D eigenvalue weighted by atomic mass is 10.1. The average Bonchev–Trinajstić information content (AvgIpc) is 3.04. The Balaban J connectivity index is 1.78. The zero-order chi connectivity index (χ0) is 16.9. The molecule has 1 amide bonds. The van der Waals surface area contributed by atoms with Crippen molar-refractivity contribution >= 4 is 11.6 Å². The smallest absolute Gasteiger partial charge is 0.274 e. The van der Waals surface area contributed by atoms with Crippen LogP contribution in [0.3, 0.4) is 0 Å². The van der Waals surface area contributed by atoms with Crippen LogP contribution in [0.1, 0.15) is 42.6 Å². The Morgan fingerprint density at radius 2 is 1.79 bits per heavy atom. The Morgan fingerprint density at radius 3 is 2.50 bits per heavy atom. The number of non-ortho nitro benzene ring substituents is 1. The van der Waals surface area contributed by atoms with Crippen molar-refractivity contribution < 1.29 is 9.72 Å². The van der Waals surface area contributed by atoms with Gasteiger partial charge in [0.05, 0.1) is 10.6 Å². The second-order valence-electron chi connectivity index (χ2n) is 5.98. The van der Waals surface area contributed by atoms with E-state index in [-0.39, 0.29) is 11.6 Å². The second kappa shape index (κ2) is 7.25. The van der Waals surface area contributed by atoms with E-state index in [1.165, 1.54) is 23.2 Å². The molecule has 1 fully saturated rings. The topological polar surface area (TPSA) is 81.3 Å². The summed E-state index contributed by atoms with van der Waals surface area (Å²) in [6, 6.07) is 7.87. The largest absolute Gasteiger partial charge is 0.337 e. The van der Waals surface area contributed by atoms with Crippen LogP contribution >= 0.6 is 0 Å². The predicted octanol–water partition coefficient (Wildman–Crippen LogP) is 3.19. The second-order valence-corrected chi connectivity index (χ2v) is 5.98. The van der Waals surface area contributed by atoms with Crippen molar-refractivity contribution in [1.29, 1.82) is 0 Å². The maximum atomic E-state index is 12.6. The number of nitro benzene ring substituents is 1. The molecule has 7 heteroatoms. The van der Waals surface area contributed by atoms with Gasteiger partial charge < -0.3 is 4.90 Å². The highest BCUT2D eigenvalue weighted by molar-refractivity contribution is 5.92. The Bertz CT molecular complexity index is 733. The van der Waals surface area contributed by atoms with E-state index in [0.29, 0.717) is 11.4 Å². The molecule has 1 aliphatic rings. The summed E-state index contributed by atoms with van der Waals surface area (Å²) in [5.74, 6) is -0.0684. The number of carbonyl (C=O) groups is 1. The number of nitrogens with zero attached hydrogens (tertiary/aromatic N) is 4.